The molecule has 0 radical (unpaired) electrons. The molecule has 120 valence electrons. The van der Waals surface area contributed by atoms with Crippen LogP contribution in [-0.4, -0.2) is 18.0 Å². The average molecular weight is 300 g/mol. The number of ether oxygens (including phenoxy) is 1. The zero-order valence-corrected chi connectivity index (χ0v) is 13.8. The number of hydrogen-bond donors (Lipinski definition) is 0. The fraction of sp³-hybridized carbons (Fsp3) is 0.850. The highest BCUT2D eigenvalue weighted by Gasteiger charge is 2.65. The zero-order chi connectivity index (χ0) is 14.9. The van der Waals surface area contributed by atoms with Crippen LogP contribution in [0.2, 0.25) is 0 Å². The van der Waals surface area contributed by atoms with Crippen LogP contribution in [0, 0.1) is 29.1 Å². The molecule has 0 bridgehead atoms. The van der Waals surface area contributed by atoms with Gasteiger partial charge in [0, 0.05) is 18.4 Å². The standard InChI is InChI=1S/C20H28O2/c1-19-8-7-18-17-4-2-13-12-14(21)3-5-15(13)16(17)6-9-20(18,19)10-11-22-19/h12,15-18H,2-11H2,1H3/t15-,16+,17+,18-,19-,20+/m0/s1. The minimum atomic E-state index is 0.182. The Hall–Kier alpha value is -0.630. The summed E-state index contributed by atoms with van der Waals surface area (Å²) in [5.41, 5.74) is 2.19. The maximum atomic E-state index is 11.8. The molecule has 1 heterocycles. The van der Waals surface area contributed by atoms with E-state index < -0.39 is 0 Å². The van der Waals surface area contributed by atoms with E-state index in [2.05, 4.69) is 6.92 Å². The van der Waals surface area contributed by atoms with Crippen LogP contribution in [0.5, 0.6) is 0 Å². The van der Waals surface area contributed by atoms with E-state index in [4.69, 9.17) is 4.74 Å². The van der Waals surface area contributed by atoms with Gasteiger partial charge < -0.3 is 4.74 Å². The highest BCUT2D eigenvalue weighted by Crippen LogP contribution is 2.68. The lowest BCUT2D eigenvalue weighted by molar-refractivity contribution is -0.116. The first-order valence-corrected chi connectivity index (χ1v) is 9.50. The van der Waals surface area contributed by atoms with Crippen molar-refractivity contribution in [1.82, 2.24) is 0 Å². The van der Waals surface area contributed by atoms with Crippen LogP contribution in [0.3, 0.4) is 0 Å². The average Bonchev–Trinajstić information content (AvgIpc) is 2.97. The smallest absolute Gasteiger partial charge is 0.155 e. The van der Waals surface area contributed by atoms with Gasteiger partial charge in [0.15, 0.2) is 5.78 Å². The van der Waals surface area contributed by atoms with E-state index in [1.165, 1.54) is 50.5 Å². The van der Waals surface area contributed by atoms with Crippen molar-refractivity contribution in [3.05, 3.63) is 11.6 Å². The summed E-state index contributed by atoms with van der Waals surface area (Å²) in [5.74, 6) is 3.80. The molecule has 2 heteroatoms. The second-order valence-corrected chi connectivity index (χ2v) is 8.87. The Balaban J connectivity index is 1.48. The first-order valence-electron chi connectivity index (χ1n) is 9.50. The summed E-state index contributed by atoms with van der Waals surface area (Å²) in [5, 5.41) is 0. The third-order valence-electron chi connectivity index (χ3n) is 8.46. The number of fused-ring (bicyclic) bond motifs is 4. The lowest BCUT2D eigenvalue weighted by Gasteiger charge is -2.55. The molecule has 0 amide bonds. The number of carbonyl (C=O) groups excluding carboxylic acids is 1. The zero-order valence-electron chi connectivity index (χ0n) is 13.8. The topological polar surface area (TPSA) is 26.3 Å². The molecule has 6 atom stereocenters. The first-order chi connectivity index (χ1) is 10.6. The van der Waals surface area contributed by atoms with Crippen LogP contribution in [0.25, 0.3) is 0 Å². The predicted octanol–water partition coefficient (Wildman–Crippen LogP) is 4.29. The fourth-order valence-electron chi connectivity index (χ4n) is 7.47. The van der Waals surface area contributed by atoms with Crippen LogP contribution in [0.4, 0.5) is 0 Å². The van der Waals surface area contributed by atoms with Gasteiger partial charge in [0.2, 0.25) is 0 Å². The molecule has 0 N–H and O–H groups in total. The molecule has 3 saturated carbocycles. The molecule has 22 heavy (non-hydrogen) atoms. The maximum Gasteiger partial charge on any atom is 0.155 e. The molecule has 0 aromatic heterocycles. The molecule has 1 aliphatic heterocycles. The number of carbonyl (C=O) groups is 1. The van der Waals surface area contributed by atoms with E-state index in [0.717, 1.165) is 43.1 Å². The highest BCUT2D eigenvalue weighted by atomic mass is 16.5. The quantitative estimate of drug-likeness (QED) is 0.667. The molecule has 0 aromatic carbocycles. The van der Waals surface area contributed by atoms with Gasteiger partial charge in [0.25, 0.3) is 0 Å². The second kappa shape index (κ2) is 4.47. The molecule has 4 fully saturated rings. The Bertz CT molecular complexity index is 550. The van der Waals surface area contributed by atoms with Crippen LogP contribution in [0.15, 0.2) is 11.6 Å². The lowest BCUT2D eigenvalue weighted by Crippen LogP contribution is -2.50. The maximum absolute atomic E-state index is 11.8. The van der Waals surface area contributed by atoms with Gasteiger partial charge >= 0.3 is 0 Å². The molecular formula is C20H28O2. The van der Waals surface area contributed by atoms with Gasteiger partial charge in [-0.15, -0.1) is 0 Å². The summed E-state index contributed by atoms with van der Waals surface area (Å²) in [6.45, 7) is 3.40. The Morgan fingerprint density at radius 1 is 1.05 bits per heavy atom. The van der Waals surface area contributed by atoms with Crippen molar-refractivity contribution in [2.75, 3.05) is 6.61 Å². The summed E-state index contributed by atoms with van der Waals surface area (Å²) in [4.78, 5) is 11.8. The Morgan fingerprint density at radius 2 is 1.95 bits per heavy atom. The molecule has 1 saturated heterocycles. The van der Waals surface area contributed by atoms with Crippen LogP contribution >= 0.6 is 0 Å². The molecule has 5 rings (SSSR count). The SMILES string of the molecule is C[C@]12CC[C@H]3[C@@H]4CCC5=CC(=O)CC[C@@H]5[C@H]4CC[C@@]31CCO2. The predicted molar refractivity (Wildman–Crippen MR) is 85.4 cm³/mol. The van der Waals surface area contributed by atoms with Crippen molar-refractivity contribution in [1.29, 1.82) is 0 Å². The molecular weight excluding hydrogens is 272 g/mol. The van der Waals surface area contributed by atoms with Crippen molar-refractivity contribution in [3.8, 4) is 0 Å². The summed E-state index contributed by atoms with van der Waals surface area (Å²) < 4.78 is 6.27. The Labute approximate surface area is 133 Å². The number of allylic oxidation sites excluding steroid dienone is 1. The Morgan fingerprint density at radius 3 is 2.86 bits per heavy atom. The number of hydrogen-bond acceptors (Lipinski definition) is 2. The van der Waals surface area contributed by atoms with E-state index in [9.17, 15) is 4.79 Å². The number of rotatable bonds is 0. The van der Waals surface area contributed by atoms with Crippen molar-refractivity contribution >= 4 is 5.78 Å². The van der Waals surface area contributed by atoms with Crippen molar-refractivity contribution < 1.29 is 9.53 Å². The van der Waals surface area contributed by atoms with Gasteiger partial charge in [-0.2, -0.15) is 0 Å². The third-order valence-corrected chi connectivity index (χ3v) is 8.46. The molecule has 1 spiro atoms. The lowest BCUT2D eigenvalue weighted by atomic mass is 9.50. The summed E-state index contributed by atoms with van der Waals surface area (Å²) >= 11 is 0. The summed E-state index contributed by atoms with van der Waals surface area (Å²) in [6, 6.07) is 0. The van der Waals surface area contributed by atoms with Crippen LogP contribution in [0.1, 0.15) is 64.7 Å². The summed E-state index contributed by atoms with van der Waals surface area (Å²) in [7, 11) is 0. The molecule has 4 aliphatic carbocycles. The van der Waals surface area contributed by atoms with Gasteiger partial charge in [0.05, 0.1) is 5.60 Å². The highest BCUT2D eigenvalue weighted by molar-refractivity contribution is 5.91. The van der Waals surface area contributed by atoms with E-state index in [1.54, 1.807) is 0 Å². The molecule has 0 unspecified atom stereocenters. The van der Waals surface area contributed by atoms with Gasteiger partial charge in [-0.05, 0) is 88.0 Å². The normalized spacial score (nSPS) is 53.3. The molecule has 2 nitrogen and oxygen atoms in total. The van der Waals surface area contributed by atoms with Crippen LogP contribution in [-0.2, 0) is 9.53 Å². The van der Waals surface area contributed by atoms with Gasteiger partial charge in [-0.25, -0.2) is 0 Å². The second-order valence-electron chi connectivity index (χ2n) is 8.87. The summed E-state index contributed by atoms with van der Waals surface area (Å²) in [6.07, 6.45) is 13.2. The van der Waals surface area contributed by atoms with Crippen LogP contribution < -0.4 is 0 Å². The van der Waals surface area contributed by atoms with E-state index in [-0.39, 0.29) is 5.60 Å². The minimum Gasteiger partial charge on any atom is -0.375 e. The third kappa shape index (κ3) is 1.58. The monoisotopic (exact) mass is 300 g/mol. The largest absolute Gasteiger partial charge is 0.375 e. The van der Waals surface area contributed by atoms with Gasteiger partial charge in [-0.1, -0.05) is 5.57 Å². The molecule has 5 aliphatic rings. The van der Waals surface area contributed by atoms with E-state index >= 15 is 0 Å². The van der Waals surface area contributed by atoms with E-state index in [0.29, 0.717) is 11.2 Å². The van der Waals surface area contributed by atoms with Gasteiger partial charge in [-0.3, -0.25) is 4.79 Å². The van der Waals surface area contributed by atoms with Crippen molar-refractivity contribution in [2.45, 2.75) is 70.3 Å². The van der Waals surface area contributed by atoms with E-state index in [1.807, 2.05) is 6.08 Å². The number of ketones is 1. The molecule has 0 aromatic rings. The van der Waals surface area contributed by atoms with Crippen molar-refractivity contribution in [3.63, 3.8) is 0 Å². The minimum absolute atomic E-state index is 0.182. The van der Waals surface area contributed by atoms with Crippen molar-refractivity contribution in [2.24, 2.45) is 29.1 Å². The van der Waals surface area contributed by atoms with Gasteiger partial charge in [0.1, 0.15) is 0 Å². The first kappa shape index (κ1) is 13.8. The fourth-order valence-corrected chi connectivity index (χ4v) is 7.47. The Kier molecular flexibility index (Phi) is 2.80.